The molecule has 0 spiro atoms. The third-order valence-electron chi connectivity index (χ3n) is 9.04. The molecule has 0 radical (unpaired) electrons. The first-order chi connectivity index (χ1) is 23.5. The summed E-state index contributed by atoms with van der Waals surface area (Å²) in [6.45, 7) is 0. The van der Waals surface area contributed by atoms with Crippen LogP contribution in [0.15, 0.2) is 163 Å². The number of aromatic nitrogens is 4. The van der Waals surface area contributed by atoms with Crippen LogP contribution in [-0.4, -0.2) is 19.1 Å². The molecule has 0 amide bonds. The minimum Gasteiger partial charge on any atom is -0.295 e. The van der Waals surface area contributed by atoms with Crippen LogP contribution in [-0.2, 0) is 14.1 Å². The van der Waals surface area contributed by atoms with Crippen LogP contribution in [0.5, 0.6) is 0 Å². The predicted octanol–water partition coefficient (Wildman–Crippen LogP) is 9.67. The molecule has 0 aliphatic heterocycles. The lowest BCUT2D eigenvalue weighted by atomic mass is 9.96. The summed E-state index contributed by atoms with van der Waals surface area (Å²) in [6.07, 6.45) is 0. The molecule has 2 aromatic heterocycles. The average Bonchev–Trinajstić information content (AvgIpc) is 3.39. The van der Waals surface area contributed by atoms with Gasteiger partial charge in [-0.15, -0.1) is 0 Å². The van der Waals surface area contributed by atoms with Gasteiger partial charge in [-0.2, -0.15) is 0 Å². The molecule has 5 heteroatoms. The Balaban J connectivity index is 1.25. The smallest absolute Gasteiger partial charge is 0.295 e. The van der Waals surface area contributed by atoms with E-state index in [1.165, 1.54) is 5.56 Å². The van der Waals surface area contributed by atoms with Gasteiger partial charge < -0.3 is 0 Å². The molecule has 8 rings (SSSR count). The maximum Gasteiger partial charge on any atom is 0.328 e. The van der Waals surface area contributed by atoms with Crippen LogP contribution in [0.25, 0.3) is 78.3 Å². The minimum absolute atomic E-state index is 0.0392. The van der Waals surface area contributed by atoms with Crippen LogP contribution < -0.4 is 5.69 Å². The Morgan fingerprint density at radius 2 is 0.917 bits per heavy atom. The van der Waals surface area contributed by atoms with E-state index in [9.17, 15) is 4.79 Å². The van der Waals surface area contributed by atoms with Gasteiger partial charge in [-0.25, -0.2) is 14.8 Å². The summed E-state index contributed by atoms with van der Waals surface area (Å²) >= 11 is 0. The number of hydrogen-bond donors (Lipinski definition) is 0. The molecule has 0 aliphatic carbocycles. The van der Waals surface area contributed by atoms with E-state index in [4.69, 9.17) is 9.97 Å². The van der Waals surface area contributed by atoms with Crippen molar-refractivity contribution >= 4 is 11.0 Å². The van der Waals surface area contributed by atoms with Crippen molar-refractivity contribution in [1.82, 2.24) is 19.1 Å². The molecule has 8 aromatic rings. The number of para-hydroxylation sites is 1. The van der Waals surface area contributed by atoms with E-state index in [-0.39, 0.29) is 5.69 Å². The summed E-state index contributed by atoms with van der Waals surface area (Å²) in [6, 6.07) is 54.2. The normalized spacial score (nSPS) is 11.2. The number of benzene rings is 6. The fourth-order valence-electron chi connectivity index (χ4n) is 6.51. The topological polar surface area (TPSA) is 52.7 Å². The lowest BCUT2D eigenvalue weighted by Crippen LogP contribution is -2.19. The number of hydrogen-bond acceptors (Lipinski definition) is 3. The van der Waals surface area contributed by atoms with Crippen molar-refractivity contribution in [2.75, 3.05) is 0 Å². The van der Waals surface area contributed by atoms with E-state index in [0.717, 1.165) is 66.9 Å². The van der Waals surface area contributed by atoms with Crippen LogP contribution in [0.1, 0.15) is 0 Å². The zero-order valence-electron chi connectivity index (χ0n) is 26.7. The van der Waals surface area contributed by atoms with Crippen molar-refractivity contribution in [3.05, 3.63) is 168 Å². The summed E-state index contributed by atoms with van der Waals surface area (Å²) in [4.78, 5) is 23.0. The van der Waals surface area contributed by atoms with E-state index in [1.54, 1.807) is 9.13 Å². The fourth-order valence-corrected chi connectivity index (χ4v) is 6.51. The van der Waals surface area contributed by atoms with Gasteiger partial charge in [0.05, 0.1) is 22.4 Å². The molecular weight excluding hydrogens is 589 g/mol. The third-order valence-corrected chi connectivity index (χ3v) is 9.04. The van der Waals surface area contributed by atoms with Crippen molar-refractivity contribution in [2.24, 2.45) is 14.1 Å². The van der Waals surface area contributed by atoms with Crippen LogP contribution in [0, 0.1) is 0 Å². The standard InChI is InChI=1S/C43H32N4O/c1-46-40-19-11-18-36(41(40)47(2)43(46)48)32-22-24-33(25-23-32)38-28-39(37-17-10-9-16-35(37)31-14-7-4-8-15-31)45-42(44-38)34-26-20-30(21-27-34)29-12-5-3-6-13-29/h3-28H,1-2H3. The molecule has 0 atom stereocenters. The van der Waals surface area contributed by atoms with Crippen molar-refractivity contribution in [1.29, 1.82) is 0 Å². The highest BCUT2D eigenvalue weighted by molar-refractivity contribution is 5.93. The Labute approximate surface area is 279 Å². The molecule has 0 fully saturated rings. The summed E-state index contributed by atoms with van der Waals surface area (Å²) in [5.41, 5.74) is 13.1. The first kappa shape index (κ1) is 29.1. The van der Waals surface area contributed by atoms with E-state index in [1.807, 2.05) is 38.4 Å². The lowest BCUT2D eigenvalue weighted by Gasteiger charge is -2.13. The van der Waals surface area contributed by atoms with Gasteiger partial charge in [0.25, 0.3) is 0 Å². The highest BCUT2D eigenvalue weighted by Gasteiger charge is 2.16. The zero-order chi connectivity index (χ0) is 32.6. The predicted molar refractivity (Wildman–Crippen MR) is 196 cm³/mol. The van der Waals surface area contributed by atoms with Crippen LogP contribution >= 0.6 is 0 Å². The Morgan fingerprint density at radius 1 is 0.417 bits per heavy atom. The quantitative estimate of drug-likeness (QED) is 0.186. The molecule has 0 saturated heterocycles. The summed E-state index contributed by atoms with van der Waals surface area (Å²) in [5, 5.41) is 0. The third kappa shape index (κ3) is 5.21. The first-order valence-electron chi connectivity index (χ1n) is 16.0. The van der Waals surface area contributed by atoms with E-state index in [2.05, 4.69) is 133 Å². The zero-order valence-corrected chi connectivity index (χ0v) is 26.7. The van der Waals surface area contributed by atoms with Crippen LogP contribution in [0.4, 0.5) is 0 Å². The monoisotopic (exact) mass is 620 g/mol. The van der Waals surface area contributed by atoms with E-state index < -0.39 is 0 Å². The van der Waals surface area contributed by atoms with Crippen LogP contribution in [0.2, 0.25) is 0 Å². The largest absolute Gasteiger partial charge is 0.328 e. The number of rotatable bonds is 6. The molecule has 0 unspecified atom stereocenters. The number of aryl methyl sites for hydroxylation is 2. The second-order valence-corrected chi connectivity index (χ2v) is 12.0. The summed E-state index contributed by atoms with van der Waals surface area (Å²) in [5.74, 6) is 0.665. The minimum atomic E-state index is -0.0392. The Bertz CT molecular complexity index is 2460. The van der Waals surface area contributed by atoms with Gasteiger partial charge in [-0.3, -0.25) is 9.13 Å². The highest BCUT2D eigenvalue weighted by Crippen LogP contribution is 2.35. The molecule has 0 N–H and O–H groups in total. The van der Waals surface area contributed by atoms with E-state index >= 15 is 0 Å². The molecule has 5 nitrogen and oxygen atoms in total. The van der Waals surface area contributed by atoms with Gasteiger partial charge in [0, 0.05) is 36.3 Å². The second kappa shape index (κ2) is 12.1. The fraction of sp³-hybridized carbons (Fsp3) is 0.0465. The molecule has 2 heterocycles. The molecule has 0 bridgehead atoms. The average molecular weight is 621 g/mol. The van der Waals surface area contributed by atoms with Gasteiger partial charge in [0.15, 0.2) is 5.82 Å². The lowest BCUT2D eigenvalue weighted by molar-refractivity contribution is 0.795. The van der Waals surface area contributed by atoms with Crippen molar-refractivity contribution < 1.29 is 0 Å². The van der Waals surface area contributed by atoms with E-state index in [0.29, 0.717) is 5.82 Å². The van der Waals surface area contributed by atoms with Gasteiger partial charge in [-0.05, 0) is 39.9 Å². The molecule has 48 heavy (non-hydrogen) atoms. The van der Waals surface area contributed by atoms with Gasteiger partial charge in [-0.1, -0.05) is 146 Å². The maximum atomic E-state index is 12.7. The van der Waals surface area contributed by atoms with Gasteiger partial charge in [0.2, 0.25) is 0 Å². The van der Waals surface area contributed by atoms with Crippen molar-refractivity contribution in [3.8, 4) is 67.3 Å². The number of imidazole rings is 1. The first-order valence-corrected chi connectivity index (χ1v) is 16.0. The Hall–Kier alpha value is -6.33. The van der Waals surface area contributed by atoms with Gasteiger partial charge >= 0.3 is 5.69 Å². The summed E-state index contributed by atoms with van der Waals surface area (Å²) < 4.78 is 3.41. The number of nitrogens with zero attached hydrogens (tertiary/aromatic N) is 4. The second-order valence-electron chi connectivity index (χ2n) is 12.0. The Kier molecular flexibility index (Phi) is 7.35. The van der Waals surface area contributed by atoms with Crippen molar-refractivity contribution in [3.63, 3.8) is 0 Å². The van der Waals surface area contributed by atoms with Crippen molar-refractivity contribution in [2.45, 2.75) is 0 Å². The van der Waals surface area contributed by atoms with Gasteiger partial charge in [0.1, 0.15) is 0 Å². The Morgan fingerprint density at radius 3 is 1.62 bits per heavy atom. The molecule has 6 aromatic carbocycles. The van der Waals surface area contributed by atoms with Crippen LogP contribution in [0.3, 0.4) is 0 Å². The molecule has 230 valence electrons. The SMILES string of the molecule is Cn1c(=O)n(C)c2c(-c3ccc(-c4cc(-c5ccccc5-c5ccccc5)nc(-c5ccc(-c6ccccc6)cc5)n4)cc3)cccc21. The number of fused-ring (bicyclic) bond motifs is 1. The summed E-state index contributed by atoms with van der Waals surface area (Å²) in [7, 11) is 3.64. The maximum absolute atomic E-state index is 12.7. The molecule has 0 saturated carbocycles. The molecular formula is C43H32N4O. The molecule has 0 aliphatic rings. The highest BCUT2D eigenvalue weighted by atomic mass is 16.1.